The molecular formula is C14H20O3. The number of methoxy groups -OCH3 is 1. The lowest BCUT2D eigenvalue weighted by Crippen LogP contribution is -2.35. The van der Waals surface area contributed by atoms with Crippen molar-refractivity contribution < 1.29 is 14.2 Å². The van der Waals surface area contributed by atoms with E-state index in [1.54, 1.807) is 7.11 Å². The average Bonchev–Trinajstić information content (AvgIpc) is 2.38. The molecule has 0 amide bonds. The first-order chi connectivity index (χ1) is 8.21. The zero-order chi connectivity index (χ0) is 12.3. The molecule has 0 atom stereocenters. The Morgan fingerprint density at radius 2 is 2.00 bits per heavy atom. The summed E-state index contributed by atoms with van der Waals surface area (Å²) >= 11 is 0. The molecule has 0 aliphatic carbocycles. The molecule has 0 saturated carbocycles. The van der Waals surface area contributed by atoms with Gasteiger partial charge in [0.2, 0.25) is 0 Å². The summed E-state index contributed by atoms with van der Waals surface area (Å²) in [7, 11) is 1.70. The molecule has 1 fully saturated rings. The van der Waals surface area contributed by atoms with Crippen molar-refractivity contribution in [2.45, 2.75) is 32.5 Å². The van der Waals surface area contributed by atoms with Gasteiger partial charge in [0.1, 0.15) is 5.75 Å². The van der Waals surface area contributed by atoms with Crippen LogP contribution in [-0.2, 0) is 21.7 Å². The fraction of sp³-hybridized carbons (Fsp3) is 0.571. The van der Waals surface area contributed by atoms with E-state index in [0.717, 1.165) is 37.4 Å². The second-order valence-electron chi connectivity index (χ2n) is 4.34. The van der Waals surface area contributed by atoms with Gasteiger partial charge >= 0.3 is 0 Å². The molecule has 0 bridgehead atoms. The Labute approximate surface area is 103 Å². The maximum absolute atomic E-state index is 5.82. The summed E-state index contributed by atoms with van der Waals surface area (Å²) in [6.07, 6.45) is 1.86. The monoisotopic (exact) mass is 236 g/mol. The van der Waals surface area contributed by atoms with E-state index in [0.29, 0.717) is 0 Å². The molecule has 1 heterocycles. The van der Waals surface area contributed by atoms with Gasteiger partial charge in [-0.05, 0) is 25.8 Å². The third kappa shape index (κ3) is 2.31. The van der Waals surface area contributed by atoms with Crippen LogP contribution in [0.25, 0.3) is 0 Å². The predicted molar refractivity (Wildman–Crippen MR) is 66.2 cm³/mol. The molecule has 0 unspecified atom stereocenters. The van der Waals surface area contributed by atoms with Gasteiger partial charge in [-0.3, -0.25) is 0 Å². The van der Waals surface area contributed by atoms with Gasteiger partial charge in [0, 0.05) is 11.1 Å². The fourth-order valence-corrected chi connectivity index (χ4v) is 2.34. The van der Waals surface area contributed by atoms with E-state index in [2.05, 4.69) is 13.0 Å². The molecule has 0 spiro atoms. The van der Waals surface area contributed by atoms with Crippen LogP contribution in [0.5, 0.6) is 5.75 Å². The van der Waals surface area contributed by atoms with Crippen molar-refractivity contribution in [3.63, 3.8) is 0 Å². The SMILES string of the molecule is CCc1c(OC)cccc1C1(C)OCCCO1. The molecule has 3 heteroatoms. The largest absolute Gasteiger partial charge is 0.496 e. The molecule has 1 aliphatic rings. The summed E-state index contributed by atoms with van der Waals surface area (Å²) < 4.78 is 17.0. The molecule has 2 rings (SSSR count). The highest BCUT2D eigenvalue weighted by Gasteiger charge is 2.33. The first-order valence-electron chi connectivity index (χ1n) is 6.15. The Bertz CT molecular complexity index is 381. The summed E-state index contributed by atoms with van der Waals surface area (Å²) in [5.41, 5.74) is 2.25. The van der Waals surface area contributed by atoms with Gasteiger partial charge in [-0.1, -0.05) is 19.1 Å². The van der Waals surface area contributed by atoms with E-state index in [4.69, 9.17) is 14.2 Å². The number of hydrogen-bond donors (Lipinski definition) is 0. The number of rotatable bonds is 3. The molecule has 17 heavy (non-hydrogen) atoms. The molecule has 1 aliphatic heterocycles. The number of benzene rings is 1. The molecule has 0 N–H and O–H groups in total. The van der Waals surface area contributed by atoms with E-state index in [1.165, 1.54) is 5.56 Å². The smallest absolute Gasteiger partial charge is 0.192 e. The van der Waals surface area contributed by atoms with Gasteiger partial charge < -0.3 is 14.2 Å². The van der Waals surface area contributed by atoms with Crippen LogP contribution in [0, 0.1) is 0 Å². The maximum Gasteiger partial charge on any atom is 0.192 e. The average molecular weight is 236 g/mol. The van der Waals surface area contributed by atoms with E-state index in [1.807, 2.05) is 19.1 Å². The van der Waals surface area contributed by atoms with Gasteiger partial charge in [0.05, 0.1) is 20.3 Å². The fourth-order valence-electron chi connectivity index (χ4n) is 2.34. The summed E-state index contributed by atoms with van der Waals surface area (Å²) in [5.74, 6) is 0.280. The Hall–Kier alpha value is -1.06. The quantitative estimate of drug-likeness (QED) is 0.807. The molecule has 1 saturated heterocycles. The lowest BCUT2D eigenvalue weighted by atomic mass is 9.97. The second-order valence-corrected chi connectivity index (χ2v) is 4.34. The van der Waals surface area contributed by atoms with Crippen LogP contribution in [0.3, 0.4) is 0 Å². The van der Waals surface area contributed by atoms with Crippen LogP contribution < -0.4 is 4.74 Å². The minimum Gasteiger partial charge on any atom is -0.496 e. The van der Waals surface area contributed by atoms with Crippen LogP contribution in [0.1, 0.15) is 31.4 Å². The zero-order valence-corrected chi connectivity index (χ0v) is 10.8. The molecule has 0 radical (unpaired) electrons. The van der Waals surface area contributed by atoms with Crippen molar-refractivity contribution in [2.75, 3.05) is 20.3 Å². The van der Waals surface area contributed by atoms with Crippen LogP contribution in [0.4, 0.5) is 0 Å². The Kier molecular flexibility index (Phi) is 3.69. The number of hydrogen-bond acceptors (Lipinski definition) is 3. The summed E-state index contributed by atoms with van der Waals surface area (Å²) in [6.45, 7) is 5.60. The van der Waals surface area contributed by atoms with Gasteiger partial charge in [-0.15, -0.1) is 0 Å². The van der Waals surface area contributed by atoms with Crippen molar-refractivity contribution >= 4 is 0 Å². The minimum absolute atomic E-state index is 0.627. The highest BCUT2D eigenvalue weighted by atomic mass is 16.7. The van der Waals surface area contributed by atoms with Crippen molar-refractivity contribution in [2.24, 2.45) is 0 Å². The van der Waals surface area contributed by atoms with Gasteiger partial charge in [-0.25, -0.2) is 0 Å². The Balaban J connectivity index is 2.42. The third-order valence-electron chi connectivity index (χ3n) is 3.24. The van der Waals surface area contributed by atoms with Crippen molar-refractivity contribution in [3.05, 3.63) is 29.3 Å². The van der Waals surface area contributed by atoms with Gasteiger partial charge in [0.15, 0.2) is 5.79 Å². The van der Waals surface area contributed by atoms with Crippen LogP contribution in [-0.4, -0.2) is 20.3 Å². The maximum atomic E-state index is 5.82. The van der Waals surface area contributed by atoms with E-state index in [-0.39, 0.29) is 0 Å². The van der Waals surface area contributed by atoms with Crippen LogP contribution >= 0.6 is 0 Å². The standard InChI is InChI=1S/C14H20O3/c1-4-11-12(7-5-8-13(11)15-3)14(2)16-9-6-10-17-14/h5,7-8H,4,6,9-10H2,1-3H3. The summed E-state index contributed by atoms with van der Waals surface area (Å²) in [6, 6.07) is 6.03. The lowest BCUT2D eigenvalue weighted by Gasteiger charge is -2.35. The van der Waals surface area contributed by atoms with Crippen molar-refractivity contribution in [3.8, 4) is 5.75 Å². The Morgan fingerprint density at radius 1 is 1.29 bits per heavy atom. The van der Waals surface area contributed by atoms with Gasteiger partial charge in [-0.2, -0.15) is 0 Å². The van der Waals surface area contributed by atoms with E-state index < -0.39 is 5.79 Å². The molecule has 1 aromatic rings. The Morgan fingerprint density at radius 3 is 2.59 bits per heavy atom. The molecule has 3 nitrogen and oxygen atoms in total. The van der Waals surface area contributed by atoms with E-state index in [9.17, 15) is 0 Å². The second kappa shape index (κ2) is 5.07. The zero-order valence-electron chi connectivity index (χ0n) is 10.8. The molecular weight excluding hydrogens is 216 g/mol. The van der Waals surface area contributed by atoms with Crippen LogP contribution in [0.2, 0.25) is 0 Å². The molecule has 94 valence electrons. The summed E-state index contributed by atoms with van der Waals surface area (Å²) in [4.78, 5) is 0. The minimum atomic E-state index is -0.627. The first-order valence-corrected chi connectivity index (χ1v) is 6.15. The molecule has 0 aromatic heterocycles. The van der Waals surface area contributed by atoms with Crippen molar-refractivity contribution in [1.29, 1.82) is 0 Å². The molecule has 1 aromatic carbocycles. The number of ether oxygens (including phenoxy) is 3. The normalized spacial score (nSPS) is 19.0. The lowest BCUT2D eigenvalue weighted by molar-refractivity contribution is -0.265. The van der Waals surface area contributed by atoms with E-state index >= 15 is 0 Å². The van der Waals surface area contributed by atoms with Gasteiger partial charge in [0.25, 0.3) is 0 Å². The highest BCUT2D eigenvalue weighted by Crippen LogP contribution is 2.36. The van der Waals surface area contributed by atoms with Crippen LogP contribution in [0.15, 0.2) is 18.2 Å². The summed E-state index contributed by atoms with van der Waals surface area (Å²) in [5, 5.41) is 0. The first kappa shape index (κ1) is 12.4. The topological polar surface area (TPSA) is 27.7 Å². The highest BCUT2D eigenvalue weighted by molar-refractivity contribution is 5.42. The predicted octanol–water partition coefficient (Wildman–Crippen LogP) is 2.87. The van der Waals surface area contributed by atoms with Crippen molar-refractivity contribution in [1.82, 2.24) is 0 Å². The third-order valence-corrected chi connectivity index (χ3v) is 3.24.